The molecule has 1 saturated heterocycles. The van der Waals surface area contributed by atoms with Crippen molar-refractivity contribution in [3.63, 3.8) is 0 Å². The summed E-state index contributed by atoms with van der Waals surface area (Å²) in [6.07, 6.45) is 3.41. The van der Waals surface area contributed by atoms with Gasteiger partial charge >= 0.3 is 0 Å². The molecule has 0 atom stereocenters. The Balaban J connectivity index is 2.74. The van der Waals surface area contributed by atoms with Crippen molar-refractivity contribution >= 4 is 23.5 Å². The van der Waals surface area contributed by atoms with Crippen LogP contribution in [0.2, 0.25) is 0 Å². The number of hydrogen-bond donors (Lipinski definition) is 2. The van der Waals surface area contributed by atoms with Crippen LogP contribution in [0, 0.1) is 5.41 Å². The molecule has 0 aromatic rings. The molecule has 0 aromatic heterocycles. The van der Waals surface area contributed by atoms with Crippen molar-refractivity contribution in [3.05, 3.63) is 0 Å². The molecule has 6 heteroatoms. The van der Waals surface area contributed by atoms with E-state index in [0.29, 0.717) is 13.1 Å². The van der Waals surface area contributed by atoms with Crippen LogP contribution < -0.4 is 5.73 Å². The fourth-order valence-electron chi connectivity index (χ4n) is 2.20. The van der Waals surface area contributed by atoms with Crippen LogP contribution >= 0.6 is 11.8 Å². The van der Waals surface area contributed by atoms with Crippen molar-refractivity contribution in [2.75, 3.05) is 19.3 Å². The third kappa shape index (κ3) is 2.91. The summed E-state index contributed by atoms with van der Waals surface area (Å²) in [5.41, 5.74) is 5.43. The molecule has 0 unspecified atom stereocenters. The standard InChI is InChI=1S/C12H23N3O2S/c1-11(2,3)10(16)15-7-5-12(18-4,6-8-15)9(13)14-17/h17H,5-8H2,1-4H3,(H2,13,14). The molecule has 0 aliphatic carbocycles. The summed E-state index contributed by atoms with van der Waals surface area (Å²) in [5, 5.41) is 12.0. The molecule has 3 N–H and O–H groups in total. The molecule has 1 rings (SSSR count). The van der Waals surface area contributed by atoms with Crippen molar-refractivity contribution in [2.24, 2.45) is 16.3 Å². The molecule has 0 bridgehead atoms. The Labute approximate surface area is 113 Å². The number of thioether (sulfide) groups is 1. The van der Waals surface area contributed by atoms with Crippen LogP contribution in [-0.2, 0) is 4.79 Å². The number of likely N-dealkylation sites (tertiary alicyclic amines) is 1. The molecule has 1 fully saturated rings. The Morgan fingerprint density at radius 2 is 1.89 bits per heavy atom. The fourth-order valence-corrected chi connectivity index (χ4v) is 3.04. The number of oxime groups is 1. The lowest BCUT2D eigenvalue weighted by Gasteiger charge is -2.41. The van der Waals surface area contributed by atoms with Gasteiger partial charge in [0.1, 0.15) is 0 Å². The summed E-state index contributed by atoms with van der Waals surface area (Å²) >= 11 is 1.59. The van der Waals surface area contributed by atoms with Gasteiger partial charge in [0.15, 0.2) is 5.84 Å². The van der Waals surface area contributed by atoms with Crippen LogP contribution in [-0.4, -0.2) is 45.9 Å². The lowest BCUT2D eigenvalue weighted by Crippen LogP contribution is -2.53. The first kappa shape index (κ1) is 15.1. The molecule has 1 amide bonds. The molecular weight excluding hydrogens is 250 g/mol. The highest BCUT2D eigenvalue weighted by Gasteiger charge is 2.40. The van der Waals surface area contributed by atoms with E-state index < -0.39 is 0 Å². The number of carbonyl (C=O) groups is 1. The normalized spacial score (nSPS) is 20.9. The minimum atomic E-state index is -0.351. The number of nitrogens with zero attached hydrogens (tertiary/aromatic N) is 2. The number of piperidine rings is 1. The van der Waals surface area contributed by atoms with Gasteiger partial charge < -0.3 is 15.8 Å². The second kappa shape index (κ2) is 5.38. The minimum absolute atomic E-state index is 0.164. The van der Waals surface area contributed by atoms with Crippen molar-refractivity contribution in [3.8, 4) is 0 Å². The van der Waals surface area contributed by atoms with Crippen LogP contribution in [0.1, 0.15) is 33.6 Å². The SMILES string of the molecule is CSC1(C(N)=NO)CCN(C(=O)C(C)(C)C)CC1. The maximum absolute atomic E-state index is 12.2. The number of rotatable bonds is 2. The fraction of sp³-hybridized carbons (Fsp3) is 0.833. The molecule has 104 valence electrons. The Hall–Kier alpha value is -0.910. The second-order valence-electron chi connectivity index (χ2n) is 5.73. The maximum Gasteiger partial charge on any atom is 0.227 e. The van der Waals surface area contributed by atoms with E-state index in [2.05, 4.69) is 5.16 Å². The zero-order chi connectivity index (χ0) is 14.0. The summed E-state index contributed by atoms with van der Waals surface area (Å²) in [7, 11) is 0. The molecule has 0 spiro atoms. The molecule has 0 radical (unpaired) electrons. The van der Waals surface area contributed by atoms with Crippen molar-refractivity contribution < 1.29 is 10.0 Å². The highest BCUT2D eigenvalue weighted by molar-refractivity contribution is 8.00. The predicted octanol–water partition coefficient (Wildman–Crippen LogP) is 1.50. The summed E-state index contributed by atoms with van der Waals surface area (Å²) in [6, 6.07) is 0. The second-order valence-corrected chi connectivity index (χ2v) is 6.92. The molecule has 0 saturated carbocycles. The highest BCUT2D eigenvalue weighted by Crippen LogP contribution is 2.35. The highest BCUT2D eigenvalue weighted by atomic mass is 32.2. The Kier molecular flexibility index (Phi) is 4.53. The number of carbonyl (C=O) groups excluding carboxylic acids is 1. The molecular formula is C12H23N3O2S. The van der Waals surface area contributed by atoms with E-state index in [9.17, 15) is 4.79 Å². The van der Waals surface area contributed by atoms with E-state index in [-0.39, 0.29) is 21.9 Å². The third-order valence-corrected chi connectivity index (χ3v) is 4.86. The molecule has 0 aromatic carbocycles. The van der Waals surface area contributed by atoms with Gasteiger partial charge in [0.25, 0.3) is 0 Å². The van der Waals surface area contributed by atoms with E-state index in [4.69, 9.17) is 10.9 Å². The van der Waals surface area contributed by atoms with Gasteiger partial charge in [-0.1, -0.05) is 25.9 Å². The van der Waals surface area contributed by atoms with Crippen LogP contribution in [0.4, 0.5) is 0 Å². The predicted molar refractivity (Wildman–Crippen MR) is 74.9 cm³/mol. The van der Waals surface area contributed by atoms with Crippen molar-refractivity contribution in [1.29, 1.82) is 0 Å². The lowest BCUT2D eigenvalue weighted by molar-refractivity contribution is -0.140. The molecule has 1 aliphatic heterocycles. The van der Waals surface area contributed by atoms with Crippen LogP contribution in [0.3, 0.4) is 0 Å². The number of hydrogen-bond acceptors (Lipinski definition) is 4. The number of amidine groups is 1. The summed E-state index contributed by atoms with van der Waals surface area (Å²) in [5.74, 6) is 0.426. The summed E-state index contributed by atoms with van der Waals surface area (Å²) in [6.45, 7) is 7.10. The van der Waals surface area contributed by atoms with Crippen LogP contribution in [0.5, 0.6) is 0 Å². The van der Waals surface area contributed by atoms with Crippen LogP contribution in [0.25, 0.3) is 0 Å². The van der Waals surface area contributed by atoms with Gasteiger partial charge in [0.05, 0.1) is 4.75 Å². The average Bonchev–Trinajstić information content (AvgIpc) is 2.36. The molecule has 18 heavy (non-hydrogen) atoms. The topological polar surface area (TPSA) is 78.9 Å². The van der Waals surface area contributed by atoms with Crippen LogP contribution in [0.15, 0.2) is 5.16 Å². The quantitative estimate of drug-likeness (QED) is 0.346. The summed E-state index contributed by atoms with van der Waals surface area (Å²) in [4.78, 5) is 14.0. The van der Waals surface area contributed by atoms with Gasteiger partial charge in [-0.2, -0.15) is 11.8 Å². The number of amides is 1. The van der Waals surface area contributed by atoms with E-state index in [1.54, 1.807) is 11.8 Å². The first-order valence-corrected chi connectivity index (χ1v) is 7.32. The largest absolute Gasteiger partial charge is 0.409 e. The Bertz CT molecular complexity index is 342. The smallest absolute Gasteiger partial charge is 0.227 e. The lowest BCUT2D eigenvalue weighted by atomic mass is 9.90. The minimum Gasteiger partial charge on any atom is -0.409 e. The number of nitrogens with two attached hydrogens (primary N) is 1. The van der Waals surface area contributed by atoms with Gasteiger partial charge in [0, 0.05) is 18.5 Å². The molecule has 1 heterocycles. The first-order chi connectivity index (χ1) is 8.27. The van der Waals surface area contributed by atoms with Gasteiger partial charge in [-0.15, -0.1) is 0 Å². The third-order valence-electron chi connectivity index (χ3n) is 3.47. The van der Waals surface area contributed by atoms with Crippen molar-refractivity contribution in [2.45, 2.75) is 38.4 Å². The van der Waals surface area contributed by atoms with Gasteiger partial charge in [-0.3, -0.25) is 4.79 Å². The summed E-state index contributed by atoms with van der Waals surface area (Å²) < 4.78 is -0.330. The van der Waals surface area contributed by atoms with Crippen molar-refractivity contribution in [1.82, 2.24) is 4.90 Å². The van der Waals surface area contributed by atoms with Gasteiger partial charge in [-0.05, 0) is 19.1 Å². The zero-order valence-corrected chi connectivity index (χ0v) is 12.4. The maximum atomic E-state index is 12.2. The Morgan fingerprint density at radius 3 is 2.22 bits per heavy atom. The Morgan fingerprint density at radius 1 is 1.39 bits per heavy atom. The van der Waals surface area contributed by atoms with Gasteiger partial charge in [-0.25, -0.2) is 0 Å². The van der Waals surface area contributed by atoms with E-state index in [0.717, 1.165) is 12.8 Å². The van der Waals surface area contributed by atoms with Gasteiger partial charge in [0.2, 0.25) is 5.91 Å². The van der Waals surface area contributed by atoms with E-state index in [1.165, 1.54) is 0 Å². The molecule has 5 nitrogen and oxygen atoms in total. The zero-order valence-electron chi connectivity index (χ0n) is 11.6. The first-order valence-electron chi connectivity index (χ1n) is 6.09. The molecule has 1 aliphatic rings. The van der Waals surface area contributed by atoms with E-state index in [1.807, 2.05) is 31.9 Å². The average molecular weight is 273 g/mol. The monoisotopic (exact) mass is 273 g/mol. The van der Waals surface area contributed by atoms with E-state index >= 15 is 0 Å².